The molecule has 16 heavy (non-hydrogen) atoms. The first-order valence-electron chi connectivity index (χ1n) is 6.21. The highest BCUT2D eigenvalue weighted by molar-refractivity contribution is 5.29. The molecule has 0 aromatic heterocycles. The first kappa shape index (κ1) is 13.0. The first-order valence-corrected chi connectivity index (χ1v) is 6.21. The van der Waals surface area contributed by atoms with E-state index in [0.29, 0.717) is 5.92 Å². The quantitative estimate of drug-likeness (QED) is 0.714. The topological polar surface area (TPSA) is 21.3 Å². The summed E-state index contributed by atoms with van der Waals surface area (Å²) in [7, 11) is 0. The van der Waals surface area contributed by atoms with E-state index in [4.69, 9.17) is 4.74 Å². The van der Waals surface area contributed by atoms with Crippen molar-refractivity contribution in [2.75, 3.05) is 19.7 Å². The highest BCUT2D eigenvalue weighted by Crippen LogP contribution is 2.21. The minimum absolute atomic E-state index is 0.635. The molecule has 1 rings (SSSR count). The smallest absolute Gasteiger partial charge is 0.119 e. The maximum Gasteiger partial charge on any atom is 0.119 e. The molecule has 0 saturated carbocycles. The third-order valence-electron chi connectivity index (χ3n) is 2.86. The van der Waals surface area contributed by atoms with Gasteiger partial charge in [-0.2, -0.15) is 0 Å². The van der Waals surface area contributed by atoms with E-state index in [0.717, 1.165) is 25.4 Å². The van der Waals surface area contributed by atoms with E-state index in [2.05, 4.69) is 50.4 Å². The van der Waals surface area contributed by atoms with E-state index < -0.39 is 0 Å². The standard InChI is InChI=1S/C14H23NO/c1-4-12(3)13-6-8-14(9-7-13)16-11-10-15-5-2/h6-9,12,15H,4-5,10-11H2,1-3H3/t12-/m0/s1. The molecule has 0 aliphatic carbocycles. The van der Waals surface area contributed by atoms with Crippen molar-refractivity contribution in [1.29, 1.82) is 0 Å². The van der Waals surface area contributed by atoms with E-state index in [1.54, 1.807) is 0 Å². The van der Waals surface area contributed by atoms with Crippen LogP contribution in [0.4, 0.5) is 0 Å². The van der Waals surface area contributed by atoms with Gasteiger partial charge in [-0.25, -0.2) is 0 Å². The average Bonchev–Trinajstić information content (AvgIpc) is 2.34. The Morgan fingerprint density at radius 2 is 1.88 bits per heavy atom. The minimum atomic E-state index is 0.635. The lowest BCUT2D eigenvalue weighted by Crippen LogP contribution is -2.20. The van der Waals surface area contributed by atoms with Crippen LogP contribution in [0.2, 0.25) is 0 Å². The van der Waals surface area contributed by atoms with Gasteiger partial charge in [-0.05, 0) is 36.6 Å². The zero-order valence-electron chi connectivity index (χ0n) is 10.6. The molecule has 0 aliphatic heterocycles. The summed E-state index contributed by atoms with van der Waals surface area (Å²) in [6, 6.07) is 8.45. The summed E-state index contributed by atoms with van der Waals surface area (Å²) in [6.07, 6.45) is 1.18. The molecule has 2 nitrogen and oxygen atoms in total. The Morgan fingerprint density at radius 1 is 1.19 bits per heavy atom. The molecule has 1 aromatic rings. The molecular formula is C14H23NO. The summed E-state index contributed by atoms with van der Waals surface area (Å²) in [6.45, 7) is 9.20. The second-order valence-corrected chi connectivity index (χ2v) is 4.08. The fraction of sp³-hybridized carbons (Fsp3) is 0.571. The molecular weight excluding hydrogens is 198 g/mol. The minimum Gasteiger partial charge on any atom is -0.492 e. The molecule has 0 amide bonds. The molecule has 2 heteroatoms. The normalized spacial score (nSPS) is 12.4. The molecule has 0 bridgehead atoms. The van der Waals surface area contributed by atoms with E-state index in [9.17, 15) is 0 Å². The lowest BCUT2D eigenvalue weighted by molar-refractivity contribution is 0.315. The molecule has 0 unspecified atom stereocenters. The highest BCUT2D eigenvalue weighted by Gasteiger charge is 2.02. The van der Waals surface area contributed by atoms with Crippen LogP contribution >= 0.6 is 0 Å². The summed E-state index contributed by atoms with van der Waals surface area (Å²) >= 11 is 0. The largest absolute Gasteiger partial charge is 0.492 e. The maximum atomic E-state index is 5.61. The average molecular weight is 221 g/mol. The zero-order valence-corrected chi connectivity index (χ0v) is 10.6. The summed E-state index contributed by atoms with van der Waals surface area (Å²) in [5.41, 5.74) is 1.39. The monoisotopic (exact) mass is 221 g/mol. The first-order chi connectivity index (χ1) is 7.77. The van der Waals surface area contributed by atoms with Crippen molar-refractivity contribution in [3.63, 3.8) is 0 Å². The van der Waals surface area contributed by atoms with Crippen LogP contribution in [0.25, 0.3) is 0 Å². The molecule has 0 aliphatic rings. The van der Waals surface area contributed by atoms with Gasteiger partial charge in [0.05, 0.1) is 0 Å². The Kier molecular flexibility index (Phi) is 5.94. The van der Waals surface area contributed by atoms with Gasteiger partial charge in [-0.1, -0.05) is 32.9 Å². The molecule has 0 spiro atoms. The lowest BCUT2D eigenvalue weighted by atomic mass is 9.99. The van der Waals surface area contributed by atoms with Crippen LogP contribution in [0.3, 0.4) is 0 Å². The van der Waals surface area contributed by atoms with Crippen LogP contribution < -0.4 is 10.1 Å². The predicted molar refractivity (Wildman–Crippen MR) is 69.2 cm³/mol. The van der Waals surface area contributed by atoms with Gasteiger partial charge in [-0.3, -0.25) is 0 Å². The fourth-order valence-electron chi connectivity index (χ4n) is 1.55. The van der Waals surface area contributed by atoms with Crippen LogP contribution in [-0.2, 0) is 0 Å². The van der Waals surface area contributed by atoms with E-state index in [1.807, 2.05) is 0 Å². The predicted octanol–water partition coefficient (Wildman–Crippen LogP) is 3.19. The second-order valence-electron chi connectivity index (χ2n) is 4.08. The molecule has 0 fully saturated rings. The number of ether oxygens (including phenoxy) is 1. The van der Waals surface area contributed by atoms with Gasteiger partial charge < -0.3 is 10.1 Å². The summed E-state index contributed by atoms with van der Waals surface area (Å²) in [4.78, 5) is 0. The summed E-state index contributed by atoms with van der Waals surface area (Å²) in [5.74, 6) is 1.60. The highest BCUT2D eigenvalue weighted by atomic mass is 16.5. The van der Waals surface area contributed by atoms with Crippen LogP contribution in [0.1, 0.15) is 38.7 Å². The molecule has 90 valence electrons. The second kappa shape index (κ2) is 7.29. The molecule has 1 aromatic carbocycles. The van der Waals surface area contributed by atoms with Gasteiger partial charge in [-0.15, -0.1) is 0 Å². The maximum absolute atomic E-state index is 5.61. The molecule has 1 atom stereocenters. The van der Waals surface area contributed by atoms with Crippen LogP contribution in [0.15, 0.2) is 24.3 Å². The zero-order chi connectivity index (χ0) is 11.8. The number of nitrogens with one attached hydrogen (secondary N) is 1. The summed E-state index contributed by atoms with van der Waals surface area (Å²) in [5, 5.41) is 3.23. The SMILES string of the molecule is CCNCCOc1ccc([C@@H](C)CC)cc1. The van der Waals surface area contributed by atoms with Crippen LogP contribution in [0.5, 0.6) is 5.75 Å². The van der Waals surface area contributed by atoms with E-state index in [1.165, 1.54) is 12.0 Å². The molecule has 1 N–H and O–H groups in total. The van der Waals surface area contributed by atoms with E-state index in [-0.39, 0.29) is 0 Å². The number of hydrogen-bond donors (Lipinski definition) is 1. The van der Waals surface area contributed by atoms with Crippen LogP contribution in [0, 0.1) is 0 Å². The Balaban J connectivity index is 2.39. The van der Waals surface area contributed by atoms with Gasteiger partial charge in [0, 0.05) is 6.54 Å². The van der Waals surface area contributed by atoms with Gasteiger partial charge in [0.25, 0.3) is 0 Å². The van der Waals surface area contributed by atoms with Crippen molar-refractivity contribution in [3.05, 3.63) is 29.8 Å². The Morgan fingerprint density at radius 3 is 2.44 bits per heavy atom. The molecule has 0 heterocycles. The number of benzene rings is 1. The Labute approximate surface area is 99.0 Å². The van der Waals surface area contributed by atoms with Crippen molar-refractivity contribution in [3.8, 4) is 5.75 Å². The lowest BCUT2D eigenvalue weighted by Gasteiger charge is -2.10. The Bertz CT molecular complexity index is 281. The number of rotatable bonds is 7. The van der Waals surface area contributed by atoms with Gasteiger partial charge >= 0.3 is 0 Å². The van der Waals surface area contributed by atoms with Crippen molar-refractivity contribution in [1.82, 2.24) is 5.32 Å². The fourth-order valence-corrected chi connectivity index (χ4v) is 1.55. The van der Waals surface area contributed by atoms with Gasteiger partial charge in [0.1, 0.15) is 12.4 Å². The van der Waals surface area contributed by atoms with E-state index >= 15 is 0 Å². The van der Waals surface area contributed by atoms with Crippen molar-refractivity contribution in [2.45, 2.75) is 33.1 Å². The summed E-state index contributed by atoms with van der Waals surface area (Å²) < 4.78 is 5.61. The van der Waals surface area contributed by atoms with Gasteiger partial charge in [0.15, 0.2) is 0 Å². The number of hydrogen-bond acceptors (Lipinski definition) is 2. The molecule has 0 saturated heterocycles. The number of likely N-dealkylation sites (N-methyl/N-ethyl adjacent to an activating group) is 1. The third-order valence-corrected chi connectivity index (χ3v) is 2.86. The third kappa shape index (κ3) is 4.23. The van der Waals surface area contributed by atoms with Crippen molar-refractivity contribution in [2.24, 2.45) is 0 Å². The van der Waals surface area contributed by atoms with Gasteiger partial charge in [0.2, 0.25) is 0 Å². The molecule has 0 radical (unpaired) electrons. The van der Waals surface area contributed by atoms with Crippen molar-refractivity contribution >= 4 is 0 Å². The van der Waals surface area contributed by atoms with Crippen LogP contribution in [-0.4, -0.2) is 19.7 Å². The van der Waals surface area contributed by atoms with Crippen molar-refractivity contribution < 1.29 is 4.74 Å². The Hall–Kier alpha value is -1.02.